The van der Waals surface area contributed by atoms with E-state index in [4.69, 9.17) is 0 Å². The molecule has 1 unspecified atom stereocenters. The molecule has 0 saturated heterocycles. The highest BCUT2D eigenvalue weighted by atomic mass is 79.9. The van der Waals surface area contributed by atoms with Gasteiger partial charge in [0.25, 0.3) is 0 Å². The van der Waals surface area contributed by atoms with Crippen LogP contribution in [0.2, 0.25) is 0 Å². The zero-order valence-electron chi connectivity index (χ0n) is 8.68. The summed E-state index contributed by atoms with van der Waals surface area (Å²) >= 11 is 3.62. The van der Waals surface area contributed by atoms with Gasteiger partial charge in [-0.15, -0.1) is 6.58 Å². The second kappa shape index (κ2) is 5.32. The summed E-state index contributed by atoms with van der Waals surface area (Å²) in [5.41, 5.74) is 2.57. The molecule has 2 heteroatoms. The van der Waals surface area contributed by atoms with Crippen molar-refractivity contribution in [2.75, 3.05) is 7.05 Å². The molecule has 0 aliphatic rings. The molecule has 0 bridgehead atoms. The fourth-order valence-corrected chi connectivity index (χ4v) is 2.05. The van der Waals surface area contributed by atoms with Crippen molar-refractivity contribution >= 4 is 15.9 Å². The molecule has 0 radical (unpaired) electrons. The highest BCUT2D eigenvalue weighted by Crippen LogP contribution is 2.28. The minimum atomic E-state index is 0.349. The molecular formula is C12H16BrN. The number of benzene rings is 1. The first-order valence-corrected chi connectivity index (χ1v) is 5.53. The zero-order chi connectivity index (χ0) is 10.6. The molecule has 0 fully saturated rings. The summed E-state index contributed by atoms with van der Waals surface area (Å²) < 4.78 is 1.20. The van der Waals surface area contributed by atoms with Crippen LogP contribution >= 0.6 is 15.9 Å². The summed E-state index contributed by atoms with van der Waals surface area (Å²) in [5.74, 6) is 0. The molecule has 76 valence electrons. The fourth-order valence-electron chi connectivity index (χ4n) is 1.51. The first-order chi connectivity index (χ1) is 6.70. The van der Waals surface area contributed by atoms with Crippen molar-refractivity contribution in [3.63, 3.8) is 0 Å². The topological polar surface area (TPSA) is 12.0 Å². The van der Waals surface area contributed by atoms with Gasteiger partial charge in [-0.2, -0.15) is 0 Å². The van der Waals surface area contributed by atoms with E-state index in [0.717, 1.165) is 6.42 Å². The molecule has 1 aromatic carbocycles. The Hall–Kier alpha value is -0.600. The van der Waals surface area contributed by atoms with Crippen molar-refractivity contribution in [3.05, 3.63) is 46.5 Å². The van der Waals surface area contributed by atoms with Gasteiger partial charge in [0.2, 0.25) is 0 Å². The van der Waals surface area contributed by atoms with Crippen LogP contribution in [0.25, 0.3) is 0 Å². The van der Waals surface area contributed by atoms with Crippen LogP contribution in [0.5, 0.6) is 0 Å². The lowest BCUT2D eigenvalue weighted by Gasteiger charge is -2.17. The second-order valence-electron chi connectivity index (χ2n) is 3.34. The summed E-state index contributed by atoms with van der Waals surface area (Å²) in [4.78, 5) is 0. The van der Waals surface area contributed by atoms with Crippen LogP contribution in [0.3, 0.4) is 0 Å². The first kappa shape index (κ1) is 11.5. The van der Waals surface area contributed by atoms with Crippen molar-refractivity contribution in [1.29, 1.82) is 0 Å². The molecule has 1 N–H and O–H groups in total. The Bertz CT molecular complexity index is 320. The molecule has 0 amide bonds. The Morgan fingerprint density at radius 2 is 2.29 bits per heavy atom. The molecule has 0 heterocycles. The summed E-state index contributed by atoms with van der Waals surface area (Å²) in [6, 6.07) is 6.68. The third-order valence-electron chi connectivity index (χ3n) is 2.35. The highest BCUT2D eigenvalue weighted by Gasteiger charge is 2.11. The Morgan fingerprint density at radius 1 is 1.57 bits per heavy atom. The summed E-state index contributed by atoms with van der Waals surface area (Å²) in [6.07, 6.45) is 2.88. The van der Waals surface area contributed by atoms with Gasteiger partial charge in [-0.1, -0.05) is 40.2 Å². The van der Waals surface area contributed by atoms with Crippen LogP contribution in [-0.2, 0) is 0 Å². The number of rotatable bonds is 4. The van der Waals surface area contributed by atoms with Gasteiger partial charge in [-0.3, -0.25) is 0 Å². The van der Waals surface area contributed by atoms with Gasteiger partial charge in [0.15, 0.2) is 0 Å². The molecule has 1 nitrogen and oxygen atoms in total. The standard InChI is InChI=1S/C12H16BrN/c1-4-6-11(14-3)10-8-5-7-9(2)12(10)13/h4-5,7-8,11,14H,1,6H2,2-3H3. The molecule has 0 aliphatic heterocycles. The Labute approximate surface area is 94.3 Å². The Kier molecular flexibility index (Phi) is 4.36. The van der Waals surface area contributed by atoms with Gasteiger partial charge in [0, 0.05) is 10.5 Å². The minimum absolute atomic E-state index is 0.349. The summed E-state index contributed by atoms with van der Waals surface area (Å²) in [6.45, 7) is 5.88. The van der Waals surface area contributed by atoms with E-state index in [1.165, 1.54) is 15.6 Å². The lowest BCUT2D eigenvalue weighted by molar-refractivity contribution is 0.601. The van der Waals surface area contributed by atoms with Crippen LogP contribution in [0.15, 0.2) is 35.3 Å². The molecule has 14 heavy (non-hydrogen) atoms. The second-order valence-corrected chi connectivity index (χ2v) is 4.14. The summed E-state index contributed by atoms with van der Waals surface area (Å²) in [7, 11) is 1.98. The maximum atomic E-state index is 3.77. The van der Waals surface area contributed by atoms with Gasteiger partial charge in [0.1, 0.15) is 0 Å². The van der Waals surface area contributed by atoms with Crippen molar-refractivity contribution in [2.45, 2.75) is 19.4 Å². The average molecular weight is 254 g/mol. The van der Waals surface area contributed by atoms with Gasteiger partial charge in [-0.05, 0) is 31.5 Å². The average Bonchev–Trinajstić information content (AvgIpc) is 2.19. The van der Waals surface area contributed by atoms with E-state index < -0.39 is 0 Å². The third kappa shape index (κ3) is 2.46. The van der Waals surface area contributed by atoms with Gasteiger partial charge in [-0.25, -0.2) is 0 Å². The lowest BCUT2D eigenvalue weighted by atomic mass is 10.0. The molecule has 1 aromatic rings. The van der Waals surface area contributed by atoms with Crippen molar-refractivity contribution < 1.29 is 0 Å². The number of aryl methyl sites for hydroxylation is 1. The zero-order valence-corrected chi connectivity index (χ0v) is 10.3. The molecular weight excluding hydrogens is 238 g/mol. The van der Waals surface area contributed by atoms with E-state index in [1.807, 2.05) is 13.1 Å². The maximum absolute atomic E-state index is 3.77. The highest BCUT2D eigenvalue weighted by molar-refractivity contribution is 9.10. The molecule has 1 rings (SSSR count). The predicted octanol–water partition coefficient (Wildman–Crippen LogP) is 3.59. The first-order valence-electron chi connectivity index (χ1n) is 4.74. The molecule has 0 saturated carbocycles. The maximum Gasteiger partial charge on any atom is 0.0363 e. The van der Waals surface area contributed by atoms with Crippen molar-refractivity contribution in [3.8, 4) is 0 Å². The van der Waals surface area contributed by atoms with E-state index in [2.05, 4.69) is 52.9 Å². The number of hydrogen-bond acceptors (Lipinski definition) is 1. The molecule has 0 aromatic heterocycles. The van der Waals surface area contributed by atoms with Crippen LogP contribution in [0, 0.1) is 6.92 Å². The fraction of sp³-hybridized carbons (Fsp3) is 0.333. The lowest BCUT2D eigenvalue weighted by Crippen LogP contribution is -2.16. The van der Waals surface area contributed by atoms with Crippen LogP contribution in [0.1, 0.15) is 23.6 Å². The van der Waals surface area contributed by atoms with Gasteiger partial charge >= 0.3 is 0 Å². The largest absolute Gasteiger partial charge is 0.313 e. The number of halogens is 1. The molecule has 0 spiro atoms. The van der Waals surface area contributed by atoms with E-state index >= 15 is 0 Å². The van der Waals surface area contributed by atoms with E-state index in [1.54, 1.807) is 0 Å². The number of nitrogens with one attached hydrogen (secondary N) is 1. The summed E-state index contributed by atoms with van der Waals surface area (Å²) in [5, 5.41) is 3.29. The molecule has 0 aliphatic carbocycles. The van der Waals surface area contributed by atoms with Crippen molar-refractivity contribution in [2.24, 2.45) is 0 Å². The number of hydrogen-bond donors (Lipinski definition) is 1. The van der Waals surface area contributed by atoms with E-state index in [0.29, 0.717) is 6.04 Å². The molecule has 1 atom stereocenters. The Balaban J connectivity index is 3.03. The van der Waals surface area contributed by atoms with E-state index in [-0.39, 0.29) is 0 Å². The van der Waals surface area contributed by atoms with Gasteiger partial charge < -0.3 is 5.32 Å². The third-order valence-corrected chi connectivity index (χ3v) is 3.43. The SMILES string of the molecule is C=CCC(NC)c1cccc(C)c1Br. The van der Waals surface area contributed by atoms with Gasteiger partial charge in [0.05, 0.1) is 0 Å². The van der Waals surface area contributed by atoms with Crippen LogP contribution < -0.4 is 5.32 Å². The minimum Gasteiger partial charge on any atom is -0.313 e. The predicted molar refractivity (Wildman–Crippen MR) is 65.5 cm³/mol. The van der Waals surface area contributed by atoms with Crippen LogP contribution in [0.4, 0.5) is 0 Å². The monoisotopic (exact) mass is 253 g/mol. The quantitative estimate of drug-likeness (QED) is 0.809. The van der Waals surface area contributed by atoms with E-state index in [9.17, 15) is 0 Å². The van der Waals surface area contributed by atoms with Crippen molar-refractivity contribution in [1.82, 2.24) is 5.32 Å². The smallest absolute Gasteiger partial charge is 0.0363 e. The van der Waals surface area contributed by atoms with Crippen LogP contribution in [-0.4, -0.2) is 7.05 Å². The normalized spacial score (nSPS) is 12.5. The Morgan fingerprint density at radius 3 is 2.86 bits per heavy atom.